The lowest BCUT2D eigenvalue weighted by Crippen LogP contribution is -1.98. The van der Waals surface area contributed by atoms with Gasteiger partial charge in [0.1, 0.15) is 0 Å². The highest BCUT2D eigenvalue weighted by Crippen LogP contribution is 2.03. The fraction of sp³-hybridized carbons (Fsp3) is 0.333. The fourth-order valence-corrected chi connectivity index (χ4v) is 0.712. The molecule has 1 N–H and O–H groups in total. The zero-order valence-electron chi connectivity index (χ0n) is 5.33. The third kappa shape index (κ3) is 0.954. The van der Waals surface area contributed by atoms with Gasteiger partial charge in [-0.15, -0.1) is 0 Å². The Morgan fingerprint density at radius 1 is 1.89 bits per heavy atom. The van der Waals surface area contributed by atoms with Gasteiger partial charge in [-0.1, -0.05) is 0 Å². The van der Waals surface area contributed by atoms with E-state index in [9.17, 15) is 0 Å². The smallest absolute Gasteiger partial charge is 0.0852 e. The first-order valence-corrected chi connectivity index (χ1v) is 2.69. The lowest BCUT2D eigenvalue weighted by atomic mass is 10.3. The zero-order valence-corrected chi connectivity index (χ0v) is 5.33. The van der Waals surface area contributed by atoms with E-state index in [1.807, 2.05) is 0 Å². The molecule has 3 heteroatoms. The summed E-state index contributed by atoms with van der Waals surface area (Å²) in [4.78, 5) is 0. The van der Waals surface area contributed by atoms with Crippen molar-refractivity contribution in [3.63, 3.8) is 0 Å². The number of aliphatic hydroxyl groups is 1. The molecular formula is C6H9N2O. The molecule has 0 bridgehead atoms. The average molecular weight is 125 g/mol. The number of hydrogen-bond acceptors (Lipinski definition) is 2. The predicted molar refractivity (Wildman–Crippen MR) is 33.6 cm³/mol. The normalized spacial score (nSPS) is 10.1. The van der Waals surface area contributed by atoms with Gasteiger partial charge in [-0.05, 0) is 12.5 Å². The van der Waals surface area contributed by atoms with E-state index in [4.69, 9.17) is 5.11 Å². The van der Waals surface area contributed by atoms with Crippen LogP contribution in [-0.4, -0.2) is 14.9 Å². The number of hydrogen-bond donors (Lipinski definition) is 1. The number of nitrogens with zero attached hydrogens (tertiary/aromatic N) is 2. The third-order valence-electron chi connectivity index (χ3n) is 1.30. The van der Waals surface area contributed by atoms with Gasteiger partial charge in [0.05, 0.1) is 18.5 Å². The highest BCUT2D eigenvalue weighted by atomic mass is 16.3. The Morgan fingerprint density at radius 2 is 2.56 bits per heavy atom. The molecule has 0 aliphatic carbocycles. The molecule has 1 aromatic heterocycles. The Labute approximate surface area is 53.9 Å². The molecular weight excluding hydrogens is 116 g/mol. The van der Waals surface area contributed by atoms with Crippen molar-refractivity contribution in [2.75, 3.05) is 0 Å². The monoisotopic (exact) mass is 125 g/mol. The molecule has 0 fully saturated rings. The van der Waals surface area contributed by atoms with E-state index in [0.29, 0.717) is 0 Å². The summed E-state index contributed by atoms with van der Waals surface area (Å²) in [6, 6.07) is 0. The van der Waals surface area contributed by atoms with E-state index in [1.54, 1.807) is 17.9 Å². The maximum Gasteiger partial charge on any atom is 0.0852 e. The summed E-state index contributed by atoms with van der Waals surface area (Å²) >= 11 is 0. The molecule has 0 atom stereocenters. The summed E-state index contributed by atoms with van der Waals surface area (Å²) in [5, 5.41) is 12.6. The summed E-state index contributed by atoms with van der Waals surface area (Å²) in [5.74, 6) is 0. The average Bonchev–Trinajstić information content (AvgIpc) is 2.12. The highest BCUT2D eigenvalue weighted by Gasteiger charge is 1.99. The Hall–Kier alpha value is -0.830. The molecule has 0 saturated carbocycles. The van der Waals surface area contributed by atoms with Crippen LogP contribution in [0.1, 0.15) is 11.3 Å². The van der Waals surface area contributed by atoms with Gasteiger partial charge in [0.15, 0.2) is 0 Å². The molecule has 9 heavy (non-hydrogen) atoms. The van der Waals surface area contributed by atoms with E-state index in [2.05, 4.69) is 12.0 Å². The topological polar surface area (TPSA) is 38.0 Å². The predicted octanol–water partition coefficient (Wildman–Crippen LogP) is 0.0946. The first kappa shape index (κ1) is 6.29. The van der Waals surface area contributed by atoms with Gasteiger partial charge in [-0.2, -0.15) is 5.10 Å². The summed E-state index contributed by atoms with van der Waals surface area (Å²) in [6.45, 7) is 3.68. The van der Waals surface area contributed by atoms with E-state index in [0.717, 1.165) is 11.3 Å². The van der Waals surface area contributed by atoms with Crippen molar-refractivity contribution in [3.8, 4) is 0 Å². The Morgan fingerprint density at radius 3 is 2.78 bits per heavy atom. The van der Waals surface area contributed by atoms with Crippen LogP contribution in [0.2, 0.25) is 0 Å². The molecule has 0 spiro atoms. The van der Waals surface area contributed by atoms with Gasteiger partial charge in [-0.3, -0.25) is 4.68 Å². The second-order valence-corrected chi connectivity index (χ2v) is 1.90. The van der Waals surface area contributed by atoms with Crippen LogP contribution < -0.4 is 0 Å². The van der Waals surface area contributed by atoms with Crippen molar-refractivity contribution in [2.24, 2.45) is 7.05 Å². The summed E-state index contributed by atoms with van der Waals surface area (Å²) in [6.07, 6.45) is 1.63. The van der Waals surface area contributed by atoms with Crippen LogP contribution >= 0.6 is 0 Å². The minimum Gasteiger partial charge on any atom is -0.390 e. The van der Waals surface area contributed by atoms with Crippen LogP contribution in [0.5, 0.6) is 0 Å². The molecule has 3 nitrogen and oxygen atoms in total. The Balaban J connectivity index is 3.07. The van der Waals surface area contributed by atoms with Crippen molar-refractivity contribution >= 4 is 0 Å². The lowest BCUT2D eigenvalue weighted by Gasteiger charge is -1.95. The number of aryl methyl sites for hydroxylation is 1. The van der Waals surface area contributed by atoms with Crippen LogP contribution in [0.15, 0.2) is 6.20 Å². The summed E-state index contributed by atoms with van der Waals surface area (Å²) < 4.78 is 1.61. The third-order valence-corrected chi connectivity index (χ3v) is 1.30. The molecule has 0 saturated heterocycles. The van der Waals surface area contributed by atoms with Crippen LogP contribution in [0.25, 0.3) is 0 Å². The molecule has 0 aliphatic rings. The van der Waals surface area contributed by atoms with Gasteiger partial charge >= 0.3 is 0 Å². The molecule has 1 radical (unpaired) electrons. The van der Waals surface area contributed by atoms with E-state index >= 15 is 0 Å². The lowest BCUT2D eigenvalue weighted by molar-refractivity contribution is 0.270. The second kappa shape index (κ2) is 2.19. The maximum atomic E-state index is 8.69. The number of aliphatic hydroxyl groups excluding tert-OH is 1. The quantitative estimate of drug-likeness (QED) is 0.577. The molecule has 1 heterocycles. The van der Waals surface area contributed by atoms with E-state index < -0.39 is 0 Å². The van der Waals surface area contributed by atoms with Gasteiger partial charge < -0.3 is 5.11 Å². The van der Waals surface area contributed by atoms with E-state index in [-0.39, 0.29) is 6.61 Å². The Bertz CT molecular complexity index is 185. The van der Waals surface area contributed by atoms with Crippen LogP contribution in [0, 0.1) is 6.92 Å². The zero-order chi connectivity index (χ0) is 6.85. The van der Waals surface area contributed by atoms with Crippen molar-refractivity contribution in [1.82, 2.24) is 9.78 Å². The molecule has 1 aromatic rings. The molecule has 49 valence electrons. The molecule has 0 unspecified atom stereocenters. The highest BCUT2D eigenvalue weighted by molar-refractivity contribution is 5.19. The van der Waals surface area contributed by atoms with Gasteiger partial charge in [0, 0.05) is 7.05 Å². The summed E-state index contributed by atoms with van der Waals surface area (Å²) in [5.41, 5.74) is 1.56. The molecule has 0 aliphatic heterocycles. The fourth-order valence-electron chi connectivity index (χ4n) is 0.712. The number of aromatic nitrogens is 2. The van der Waals surface area contributed by atoms with Gasteiger partial charge in [0.25, 0.3) is 0 Å². The molecule has 1 rings (SSSR count). The first-order valence-electron chi connectivity index (χ1n) is 2.69. The largest absolute Gasteiger partial charge is 0.390 e. The van der Waals surface area contributed by atoms with Crippen molar-refractivity contribution in [3.05, 3.63) is 24.4 Å². The van der Waals surface area contributed by atoms with Crippen LogP contribution in [0.3, 0.4) is 0 Å². The van der Waals surface area contributed by atoms with Crippen LogP contribution in [-0.2, 0) is 13.7 Å². The van der Waals surface area contributed by atoms with Crippen molar-refractivity contribution in [2.45, 2.75) is 6.61 Å². The number of rotatable bonds is 1. The van der Waals surface area contributed by atoms with Crippen molar-refractivity contribution < 1.29 is 5.11 Å². The molecule has 0 amide bonds. The second-order valence-electron chi connectivity index (χ2n) is 1.90. The van der Waals surface area contributed by atoms with Gasteiger partial charge in [0.2, 0.25) is 0 Å². The minimum atomic E-state index is 0.00926. The first-order chi connectivity index (χ1) is 4.25. The summed E-state index contributed by atoms with van der Waals surface area (Å²) in [7, 11) is 1.78. The van der Waals surface area contributed by atoms with E-state index in [1.165, 1.54) is 0 Å². The van der Waals surface area contributed by atoms with Crippen molar-refractivity contribution in [1.29, 1.82) is 0 Å². The maximum absolute atomic E-state index is 8.69. The molecule has 0 aromatic carbocycles. The van der Waals surface area contributed by atoms with Crippen LogP contribution in [0.4, 0.5) is 0 Å². The standard InChI is InChI=1S/C6H9N2O/c1-5-3-7-8(2)6(5)4-9/h3,9H,1,4H2,2H3. The Kier molecular flexibility index (Phi) is 1.53. The van der Waals surface area contributed by atoms with Gasteiger partial charge in [-0.25, -0.2) is 0 Å². The SMILES string of the molecule is [CH2]c1cnn(C)c1CO. The minimum absolute atomic E-state index is 0.00926.